The van der Waals surface area contributed by atoms with Crippen LogP contribution >= 0.6 is 11.3 Å². The highest BCUT2D eigenvalue weighted by molar-refractivity contribution is 7.89. The predicted octanol–water partition coefficient (Wildman–Crippen LogP) is 2.51. The first kappa shape index (κ1) is 22.4. The Balaban J connectivity index is 1.55. The number of thiophene rings is 1. The quantitative estimate of drug-likeness (QED) is 0.631. The van der Waals surface area contributed by atoms with Crippen molar-refractivity contribution in [1.82, 2.24) is 14.1 Å². The number of hydrogen-bond donors (Lipinski definition) is 0. The minimum Gasteiger partial charge on any atom is -0.376 e. The Kier molecular flexibility index (Phi) is 7.08. The monoisotopic (exact) mass is 463 g/mol. The minimum atomic E-state index is -3.63. The second kappa shape index (κ2) is 9.79. The molecule has 4 rings (SSSR count). The Morgan fingerprint density at radius 1 is 1.19 bits per heavy atom. The van der Waals surface area contributed by atoms with Gasteiger partial charge in [0.1, 0.15) is 0 Å². The summed E-state index contributed by atoms with van der Waals surface area (Å²) in [7, 11) is -1.64. The molecular weight excluding hydrogens is 434 g/mol. The SMILES string of the molecule is CN1CCN(S(=O)(=O)c2cccc(C(=O)N(Cc3cccs3)CC3CCCO3)c2)CC1. The van der Waals surface area contributed by atoms with Crippen molar-refractivity contribution in [3.63, 3.8) is 0 Å². The van der Waals surface area contributed by atoms with Crippen molar-refractivity contribution in [2.24, 2.45) is 0 Å². The summed E-state index contributed by atoms with van der Waals surface area (Å²) in [6, 6.07) is 10.4. The normalized spacial score (nSPS) is 20.7. The van der Waals surface area contributed by atoms with Crippen molar-refractivity contribution >= 4 is 27.3 Å². The van der Waals surface area contributed by atoms with Gasteiger partial charge in [-0.15, -0.1) is 11.3 Å². The summed E-state index contributed by atoms with van der Waals surface area (Å²) in [5.41, 5.74) is 0.393. The van der Waals surface area contributed by atoms with E-state index in [0.29, 0.717) is 44.8 Å². The number of likely N-dealkylation sites (N-methyl/N-ethyl adjacent to an activating group) is 1. The molecule has 0 N–H and O–H groups in total. The van der Waals surface area contributed by atoms with Crippen LogP contribution in [0, 0.1) is 0 Å². The van der Waals surface area contributed by atoms with E-state index in [1.54, 1.807) is 34.4 Å². The molecule has 0 spiro atoms. The van der Waals surface area contributed by atoms with Crippen molar-refractivity contribution in [3.8, 4) is 0 Å². The van der Waals surface area contributed by atoms with E-state index in [2.05, 4.69) is 4.90 Å². The van der Waals surface area contributed by atoms with E-state index in [0.717, 1.165) is 24.3 Å². The van der Waals surface area contributed by atoms with Gasteiger partial charge in [0.2, 0.25) is 10.0 Å². The van der Waals surface area contributed by atoms with Gasteiger partial charge in [-0.1, -0.05) is 12.1 Å². The first-order chi connectivity index (χ1) is 14.9. The molecule has 31 heavy (non-hydrogen) atoms. The number of nitrogens with zero attached hydrogens (tertiary/aromatic N) is 3. The average molecular weight is 464 g/mol. The number of rotatable bonds is 7. The minimum absolute atomic E-state index is 0.0289. The molecule has 168 valence electrons. The zero-order valence-electron chi connectivity index (χ0n) is 17.8. The third kappa shape index (κ3) is 5.35. The Bertz CT molecular complexity index is 980. The number of benzene rings is 1. The van der Waals surface area contributed by atoms with Gasteiger partial charge in [0, 0.05) is 49.8 Å². The fourth-order valence-corrected chi connectivity index (χ4v) is 6.18. The Morgan fingerprint density at radius 3 is 2.68 bits per heavy atom. The van der Waals surface area contributed by atoms with Crippen LogP contribution in [-0.2, 0) is 21.3 Å². The summed E-state index contributed by atoms with van der Waals surface area (Å²) in [4.78, 5) is 18.6. The summed E-state index contributed by atoms with van der Waals surface area (Å²) in [5, 5.41) is 1.99. The van der Waals surface area contributed by atoms with Crippen molar-refractivity contribution in [1.29, 1.82) is 0 Å². The van der Waals surface area contributed by atoms with Gasteiger partial charge >= 0.3 is 0 Å². The van der Waals surface area contributed by atoms with Crippen molar-refractivity contribution in [3.05, 3.63) is 52.2 Å². The lowest BCUT2D eigenvalue weighted by Crippen LogP contribution is -2.47. The third-order valence-electron chi connectivity index (χ3n) is 5.84. The van der Waals surface area contributed by atoms with Crippen LogP contribution in [0.2, 0.25) is 0 Å². The number of ether oxygens (including phenoxy) is 1. The maximum Gasteiger partial charge on any atom is 0.254 e. The lowest BCUT2D eigenvalue weighted by Gasteiger charge is -2.31. The molecule has 0 bridgehead atoms. The van der Waals surface area contributed by atoms with Gasteiger partial charge in [-0.05, 0) is 49.5 Å². The van der Waals surface area contributed by atoms with E-state index in [1.807, 2.05) is 24.6 Å². The van der Waals surface area contributed by atoms with E-state index in [4.69, 9.17) is 4.74 Å². The molecule has 2 aromatic rings. The lowest BCUT2D eigenvalue weighted by molar-refractivity contribution is 0.0509. The van der Waals surface area contributed by atoms with Crippen LogP contribution in [0.1, 0.15) is 28.1 Å². The number of sulfonamides is 1. The molecule has 7 nitrogen and oxygen atoms in total. The topological polar surface area (TPSA) is 70.2 Å². The molecule has 3 heterocycles. The first-order valence-corrected chi connectivity index (χ1v) is 13.0. The van der Waals surface area contributed by atoms with Crippen LogP contribution < -0.4 is 0 Å². The molecule has 0 saturated carbocycles. The molecule has 2 aliphatic rings. The molecule has 2 aliphatic heterocycles. The molecular formula is C22H29N3O4S2. The van der Waals surface area contributed by atoms with Crippen LogP contribution in [0.4, 0.5) is 0 Å². The van der Waals surface area contributed by atoms with E-state index >= 15 is 0 Å². The van der Waals surface area contributed by atoms with Crippen molar-refractivity contribution in [2.45, 2.75) is 30.4 Å². The number of hydrogen-bond acceptors (Lipinski definition) is 6. The highest BCUT2D eigenvalue weighted by atomic mass is 32.2. The molecule has 9 heteroatoms. The van der Waals surface area contributed by atoms with Gasteiger partial charge in [0.25, 0.3) is 5.91 Å². The van der Waals surface area contributed by atoms with Crippen LogP contribution in [0.5, 0.6) is 0 Å². The van der Waals surface area contributed by atoms with Crippen LogP contribution in [-0.4, -0.2) is 80.9 Å². The molecule has 1 aromatic heterocycles. The zero-order valence-corrected chi connectivity index (χ0v) is 19.4. The highest BCUT2D eigenvalue weighted by Gasteiger charge is 2.29. The number of amides is 1. The summed E-state index contributed by atoms with van der Waals surface area (Å²) < 4.78 is 33.5. The molecule has 0 radical (unpaired) electrons. The maximum absolute atomic E-state index is 13.4. The smallest absolute Gasteiger partial charge is 0.254 e. The maximum atomic E-state index is 13.4. The summed E-state index contributed by atoms with van der Waals surface area (Å²) in [6.07, 6.45) is 1.97. The Hall–Kier alpha value is -1.78. The number of carbonyl (C=O) groups is 1. The Labute approximate surface area is 188 Å². The predicted molar refractivity (Wildman–Crippen MR) is 121 cm³/mol. The Morgan fingerprint density at radius 2 is 2.00 bits per heavy atom. The van der Waals surface area contributed by atoms with Gasteiger partial charge in [0.15, 0.2) is 0 Å². The van der Waals surface area contributed by atoms with Crippen molar-refractivity contribution < 1.29 is 17.9 Å². The van der Waals surface area contributed by atoms with Gasteiger partial charge in [-0.2, -0.15) is 4.31 Å². The second-order valence-corrected chi connectivity index (χ2v) is 11.1. The van der Waals surface area contributed by atoms with Crippen LogP contribution in [0.25, 0.3) is 0 Å². The first-order valence-electron chi connectivity index (χ1n) is 10.7. The fourth-order valence-electron chi connectivity index (χ4n) is 3.99. The highest BCUT2D eigenvalue weighted by Crippen LogP contribution is 2.22. The molecule has 2 saturated heterocycles. The molecule has 1 unspecified atom stereocenters. The third-order valence-corrected chi connectivity index (χ3v) is 8.60. The van der Waals surface area contributed by atoms with Gasteiger partial charge in [-0.25, -0.2) is 8.42 Å². The lowest BCUT2D eigenvalue weighted by atomic mass is 10.1. The van der Waals surface area contributed by atoms with E-state index < -0.39 is 10.0 Å². The standard InChI is InChI=1S/C22H29N3O4S2/c1-23-9-11-25(12-10-23)31(27,28)21-8-2-5-18(15-21)22(26)24(16-19-6-3-13-29-19)17-20-7-4-14-30-20/h2,4-5,7-8,14-15,19H,3,6,9-13,16-17H2,1H3. The van der Waals surface area contributed by atoms with E-state index in [1.165, 1.54) is 10.4 Å². The van der Waals surface area contributed by atoms with Crippen molar-refractivity contribution in [2.75, 3.05) is 46.4 Å². The summed E-state index contributed by atoms with van der Waals surface area (Å²) >= 11 is 1.61. The molecule has 1 atom stereocenters. The summed E-state index contributed by atoms with van der Waals surface area (Å²) in [5.74, 6) is -0.167. The van der Waals surface area contributed by atoms with Crippen LogP contribution in [0.3, 0.4) is 0 Å². The van der Waals surface area contributed by atoms with Gasteiger partial charge < -0.3 is 14.5 Å². The second-order valence-electron chi connectivity index (χ2n) is 8.14. The summed E-state index contributed by atoms with van der Waals surface area (Å²) in [6.45, 7) is 4.05. The molecule has 0 aliphatic carbocycles. The van der Waals surface area contributed by atoms with E-state index in [9.17, 15) is 13.2 Å². The van der Waals surface area contributed by atoms with Gasteiger partial charge in [0.05, 0.1) is 17.5 Å². The molecule has 1 aromatic carbocycles. The van der Waals surface area contributed by atoms with Gasteiger partial charge in [-0.3, -0.25) is 4.79 Å². The number of carbonyl (C=O) groups excluding carboxylic acids is 1. The molecule has 2 fully saturated rings. The van der Waals surface area contributed by atoms with Crippen LogP contribution in [0.15, 0.2) is 46.7 Å². The van der Waals surface area contributed by atoms with E-state index in [-0.39, 0.29) is 16.9 Å². The largest absolute Gasteiger partial charge is 0.376 e. The zero-order chi connectivity index (χ0) is 21.8. The average Bonchev–Trinajstić information content (AvgIpc) is 3.48. The fraction of sp³-hybridized carbons (Fsp3) is 0.500. The molecule has 1 amide bonds. The number of piperazine rings is 1.